The minimum atomic E-state index is -3.36. The van der Waals surface area contributed by atoms with Crippen LogP contribution >= 0.6 is 22.9 Å². The highest BCUT2D eigenvalue weighted by Gasteiger charge is 2.30. The van der Waals surface area contributed by atoms with E-state index >= 15 is 0 Å². The van der Waals surface area contributed by atoms with Crippen LogP contribution in [-0.2, 0) is 10.0 Å². The number of hydrogen-bond donors (Lipinski definition) is 1. The van der Waals surface area contributed by atoms with Crippen LogP contribution in [0, 0.1) is 12.8 Å². The van der Waals surface area contributed by atoms with Gasteiger partial charge in [0.15, 0.2) is 0 Å². The predicted molar refractivity (Wildman–Crippen MR) is 84.1 cm³/mol. The quantitative estimate of drug-likeness (QED) is 0.899. The van der Waals surface area contributed by atoms with Crippen LogP contribution < -0.4 is 5.32 Å². The Hall–Kier alpha value is -0.140. The average molecular weight is 337 g/mol. The second-order valence-corrected chi connectivity index (χ2v) is 9.08. The van der Waals surface area contributed by atoms with Crippen LogP contribution in [0.1, 0.15) is 24.8 Å². The van der Waals surface area contributed by atoms with E-state index in [9.17, 15) is 8.42 Å². The Kier molecular flexibility index (Phi) is 5.48. The Morgan fingerprint density at radius 3 is 2.60 bits per heavy atom. The van der Waals surface area contributed by atoms with Gasteiger partial charge < -0.3 is 5.32 Å². The van der Waals surface area contributed by atoms with Crippen molar-refractivity contribution in [2.24, 2.45) is 5.92 Å². The molecule has 1 fully saturated rings. The Labute approximate surface area is 130 Å². The van der Waals surface area contributed by atoms with Crippen molar-refractivity contribution in [3.05, 3.63) is 16.0 Å². The molecular formula is C13H21ClN2O2S2. The number of nitrogens with one attached hydrogen (secondary N) is 1. The molecule has 0 amide bonds. The molecule has 0 saturated carbocycles. The van der Waals surface area contributed by atoms with Crippen molar-refractivity contribution >= 4 is 33.0 Å². The molecule has 1 aliphatic rings. The van der Waals surface area contributed by atoms with Crippen molar-refractivity contribution in [3.8, 4) is 0 Å². The maximum Gasteiger partial charge on any atom is 0.252 e. The van der Waals surface area contributed by atoms with Crippen LogP contribution in [0.25, 0.3) is 0 Å². The highest BCUT2D eigenvalue weighted by Crippen LogP contribution is 2.33. The SMILES string of the molecule is CNCCC1CCN(S(=O)(=O)c2cc(C)c(Cl)s2)CC1. The third-order valence-corrected chi connectivity index (χ3v) is 7.71. The molecule has 1 saturated heterocycles. The monoisotopic (exact) mass is 336 g/mol. The number of thiophene rings is 1. The fourth-order valence-corrected chi connectivity index (χ4v) is 5.81. The summed E-state index contributed by atoms with van der Waals surface area (Å²) in [7, 11) is -1.41. The fourth-order valence-electron chi connectivity index (χ4n) is 2.47. The second-order valence-electron chi connectivity index (χ2n) is 5.26. The van der Waals surface area contributed by atoms with Gasteiger partial charge in [0.05, 0.1) is 4.34 Å². The molecule has 0 aromatic carbocycles. The van der Waals surface area contributed by atoms with Crippen molar-refractivity contribution in [3.63, 3.8) is 0 Å². The van der Waals surface area contributed by atoms with Crippen LogP contribution in [0.5, 0.6) is 0 Å². The molecule has 2 heterocycles. The highest BCUT2D eigenvalue weighted by atomic mass is 35.5. The van der Waals surface area contributed by atoms with Gasteiger partial charge >= 0.3 is 0 Å². The van der Waals surface area contributed by atoms with Gasteiger partial charge in [-0.2, -0.15) is 4.31 Å². The first kappa shape index (κ1) is 16.2. The first-order chi connectivity index (χ1) is 9.45. The van der Waals surface area contributed by atoms with Gasteiger partial charge in [0.25, 0.3) is 10.0 Å². The Balaban J connectivity index is 2.02. The Bertz CT molecular complexity index is 529. The normalized spacial score (nSPS) is 18.6. The molecule has 0 radical (unpaired) electrons. The van der Waals surface area contributed by atoms with Gasteiger partial charge in [-0.25, -0.2) is 8.42 Å². The molecule has 4 nitrogen and oxygen atoms in total. The minimum Gasteiger partial charge on any atom is -0.320 e. The lowest BCUT2D eigenvalue weighted by Gasteiger charge is -2.30. The van der Waals surface area contributed by atoms with Gasteiger partial charge in [-0.05, 0) is 57.3 Å². The third-order valence-electron chi connectivity index (χ3n) is 3.80. The molecule has 0 atom stereocenters. The standard InChI is InChI=1S/C13H21ClN2O2S2/c1-10-9-12(19-13(10)14)20(17,18)16-7-4-11(5-8-16)3-6-15-2/h9,11,15H,3-8H2,1-2H3. The number of halogens is 1. The molecule has 114 valence electrons. The summed E-state index contributed by atoms with van der Waals surface area (Å²) in [5.74, 6) is 0.627. The van der Waals surface area contributed by atoms with Gasteiger partial charge in [-0.3, -0.25) is 0 Å². The average Bonchev–Trinajstić information content (AvgIpc) is 2.77. The van der Waals surface area contributed by atoms with E-state index in [4.69, 9.17) is 11.6 Å². The van der Waals surface area contributed by atoms with Crippen LogP contribution in [0.4, 0.5) is 0 Å². The maximum absolute atomic E-state index is 12.5. The largest absolute Gasteiger partial charge is 0.320 e. The van der Waals surface area contributed by atoms with Crippen LogP contribution in [0.2, 0.25) is 4.34 Å². The molecule has 1 aliphatic heterocycles. The number of sulfonamides is 1. The van der Waals surface area contributed by atoms with E-state index in [1.54, 1.807) is 10.4 Å². The minimum absolute atomic E-state index is 0.369. The topological polar surface area (TPSA) is 49.4 Å². The second kappa shape index (κ2) is 6.75. The first-order valence-corrected chi connectivity index (χ1v) is 9.49. The van der Waals surface area contributed by atoms with E-state index in [2.05, 4.69) is 5.32 Å². The fraction of sp³-hybridized carbons (Fsp3) is 0.692. The lowest BCUT2D eigenvalue weighted by molar-refractivity contribution is 0.263. The summed E-state index contributed by atoms with van der Waals surface area (Å²) in [5, 5.41) is 3.15. The first-order valence-electron chi connectivity index (χ1n) is 6.86. The number of piperidine rings is 1. The summed E-state index contributed by atoms with van der Waals surface area (Å²) in [6, 6.07) is 1.68. The van der Waals surface area contributed by atoms with Gasteiger partial charge in [0.1, 0.15) is 4.21 Å². The van der Waals surface area contributed by atoms with E-state index in [1.807, 2.05) is 14.0 Å². The van der Waals surface area contributed by atoms with Crippen molar-refractivity contribution in [2.75, 3.05) is 26.7 Å². The van der Waals surface area contributed by atoms with Gasteiger partial charge in [0.2, 0.25) is 0 Å². The van der Waals surface area contributed by atoms with Crippen molar-refractivity contribution < 1.29 is 8.42 Å². The summed E-state index contributed by atoms with van der Waals surface area (Å²) in [5.41, 5.74) is 0.833. The van der Waals surface area contributed by atoms with E-state index in [0.717, 1.165) is 42.7 Å². The summed E-state index contributed by atoms with van der Waals surface area (Å²) < 4.78 is 27.6. The van der Waals surface area contributed by atoms with Gasteiger partial charge in [0, 0.05) is 13.1 Å². The molecule has 2 rings (SSSR count). The van der Waals surface area contributed by atoms with E-state index in [0.29, 0.717) is 27.6 Å². The zero-order valence-electron chi connectivity index (χ0n) is 11.9. The van der Waals surface area contributed by atoms with Crippen molar-refractivity contribution in [2.45, 2.75) is 30.4 Å². The van der Waals surface area contributed by atoms with E-state index in [1.165, 1.54) is 0 Å². The Morgan fingerprint density at radius 1 is 1.45 bits per heavy atom. The van der Waals surface area contributed by atoms with Crippen LogP contribution in [0.3, 0.4) is 0 Å². The van der Waals surface area contributed by atoms with Gasteiger partial charge in [-0.15, -0.1) is 11.3 Å². The smallest absolute Gasteiger partial charge is 0.252 e. The number of hydrogen-bond acceptors (Lipinski definition) is 4. The zero-order valence-corrected chi connectivity index (χ0v) is 14.2. The molecule has 1 aromatic heterocycles. The molecular weight excluding hydrogens is 316 g/mol. The summed E-state index contributed by atoms with van der Waals surface area (Å²) in [4.78, 5) is 0. The zero-order chi connectivity index (χ0) is 14.8. The lowest BCUT2D eigenvalue weighted by Crippen LogP contribution is -2.38. The maximum atomic E-state index is 12.5. The Morgan fingerprint density at radius 2 is 2.10 bits per heavy atom. The molecule has 1 aromatic rings. The van der Waals surface area contributed by atoms with Gasteiger partial charge in [-0.1, -0.05) is 11.6 Å². The molecule has 20 heavy (non-hydrogen) atoms. The third kappa shape index (κ3) is 3.54. The summed E-state index contributed by atoms with van der Waals surface area (Å²) >= 11 is 7.14. The number of nitrogens with zero attached hydrogens (tertiary/aromatic N) is 1. The van der Waals surface area contributed by atoms with E-state index in [-0.39, 0.29) is 0 Å². The van der Waals surface area contributed by atoms with Crippen LogP contribution in [-0.4, -0.2) is 39.4 Å². The van der Waals surface area contributed by atoms with E-state index < -0.39 is 10.0 Å². The van der Waals surface area contributed by atoms with Crippen molar-refractivity contribution in [1.29, 1.82) is 0 Å². The summed E-state index contributed by atoms with van der Waals surface area (Å²) in [6.07, 6.45) is 3.01. The molecule has 0 spiro atoms. The highest BCUT2D eigenvalue weighted by molar-refractivity contribution is 7.91. The lowest BCUT2D eigenvalue weighted by atomic mass is 9.95. The van der Waals surface area contributed by atoms with Crippen molar-refractivity contribution in [1.82, 2.24) is 9.62 Å². The number of rotatable bonds is 5. The number of aryl methyl sites for hydroxylation is 1. The molecule has 0 aliphatic carbocycles. The molecule has 0 unspecified atom stereocenters. The molecule has 7 heteroatoms. The molecule has 0 bridgehead atoms. The summed E-state index contributed by atoms with van der Waals surface area (Å²) in [6.45, 7) is 4.07. The molecule has 1 N–H and O–H groups in total. The van der Waals surface area contributed by atoms with Crippen LogP contribution in [0.15, 0.2) is 10.3 Å². The predicted octanol–water partition coefficient (Wildman–Crippen LogP) is 2.72.